The standard InChI is InChI=1S/C15H20N2O/c1-4-7-12(15(18)17(2)3)13-10-16-14-9-6-5-8-11(13)14/h5-6,8-10,12,16H,4,7H2,1-3H3. The Bertz CT molecular complexity index is 542. The first-order chi connectivity index (χ1) is 8.65. The highest BCUT2D eigenvalue weighted by atomic mass is 16.2. The van der Waals surface area contributed by atoms with Crippen LogP contribution in [0.1, 0.15) is 31.2 Å². The summed E-state index contributed by atoms with van der Waals surface area (Å²) in [6.45, 7) is 2.12. The monoisotopic (exact) mass is 244 g/mol. The van der Waals surface area contributed by atoms with Gasteiger partial charge in [0, 0.05) is 31.2 Å². The Morgan fingerprint density at radius 3 is 2.72 bits per heavy atom. The number of aromatic amines is 1. The maximum absolute atomic E-state index is 12.3. The zero-order valence-electron chi connectivity index (χ0n) is 11.2. The summed E-state index contributed by atoms with van der Waals surface area (Å²) in [5.74, 6) is 0.141. The highest BCUT2D eigenvalue weighted by Gasteiger charge is 2.23. The number of carbonyl (C=O) groups is 1. The van der Waals surface area contributed by atoms with Crippen LogP contribution in [0.25, 0.3) is 10.9 Å². The third-order valence-electron chi connectivity index (χ3n) is 3.31. The Labute approximate surface area is 108 Å². The first-order valence-electron chi connectivity index (χ1n) is 6.42. The molecule has 1 heterocycles. The molecule has 0 fully saturated rings. The maximum Gasteiger partial charge on any atom is 0.229 e. The van der Waals surface area contributed by atoms with Crippen molar-refractivity contribution in [1.29, 1.82) is 0 Å². The van der Waals surface area contributed by atoms with Gasteiger partial charge < -0.3 is 9.88 Å². The van der Waals surface area contributed by atoms with E-state index in [0.717, 1.165) is 29.3 Å². The molecule has 1 N–H and O–H groups in total. The maximum atomic E-state index is 12.3. The van der Waals surface area contributed by atoms with Crippen molar-refractivity contribution >= 4 is 16.8 Å². The normalized spacial score (nSPS) is 12.6. The van der Waals surface area contributed by atoms with Crippen LogP contribution >= 0.6 is 0 Å². The smallest absolute Gasteiger partial charge is 0.229 e. The van der Waals surface area contributed by atoms with Crippen LogP contribution < -0.4 is 0 Å². The topological polar surface area (TPSA) is 36.1 Å². The number of carbonyl (C=O) groups excluding carboxylic acids is 1. The lowest BCUT2D eigenvalue weighted by Gasteiger charge is -2.19. The van der Waals surface area contributed by atoms with Crippen molar-refractivity contribution in [3.8, 4) is 0 Å². The summed E-state index contributed by atoms with van der Waals surface area (Å²) in [7, 11) is 3.64. The van der Waals surface area contributed by atoms with Gasteiger partial charge in [0.05, 0.1) is 5.92 Å². The quantitative estimate of drug-likeness (QED) is 0.881. The number of rotatable bonds is 4. The molecule has 1 atom stereocenters. The van der Waals surface area contributed by atoms with E-state index in [-0.39, 0.29) is 11.8 Å². The highest BCUT2D eigenvalue weighted by Crippen LogP contribution is 2.29. The van der Waals surface area contributed by atoms with E-state index in [0.29, 0.717) is 0 Å². The lowest BCUT2D eigenvalue weighted by Crippen LogP contribution is -2.28. The molecular formula is C15H20N2O. The second kappa shape index (κ2) is 5.25. The molecule has 1 aromatic heterocycles. The summed E-state index contributed by atoms with van der Waals surface area (Å²) >= 11 is 0. The van der Waals surface area contributed by atoms with Crippen molar-refractivity contribution in [2.24, 2.45) is 0 Å². The van der Waals surface area contributed by atoms with E-state index >= 15 is 0 Å². The fraction of sp³-hybridized carbons (Fsp3) is 0.400. The van der Waals surface area contributed by atoms with E-state index in [1.807, 2.05) is 38.5 Å². The van der Waals surface area contributed by atoms with Gasteiger partial charge in [0.1, 0.15) is 0 Å². The van der Waals surface area contributed by atoms with Gasteiger partial charge in [0.25, 0.3) is 0 Å². The van der Waals surface area contributed by atoms with Crippen molar-refractivity contribution in [2.45, 2.75) is 25.7 Å². The van der Waals surface area contributed by atoms with Gasteiger partial charge in [-0.1, -0.05) is 31.5 Å². The fourth-order valence-electron chi connectivity index (χ4n) is 2.39. The molecule has 1 amide bonds. The average molecular weight is 244 g/mol. The van der Waals surface area contributed by atoms with Crippen molar-refractivity contribution in [2.75, 3.05) is 14.1 Å². The van der Waals surface area contributed by atoms with Crippen LogP contribution in [0.2, 0.25) is 0 Å². The number of para-hydroxylation sites is 1. The summed E-state index contributed by atoms with van der Waals surface area (Å²) in [6.07, 6.45) is 3.87. The molecular weight excluding hydrogens is 224 g/mol. The van der Waals surface area contributed by atoms with Crippen LogP contribution in [0, 0.1) is 0 Å². The third kappa shape index (κ3) is 2.26. The lowest BCUT2D eigenvalue weighted by molar-refractivity contribution is -0.130. The van der Waals surface area contributed by atoms with Crippen LogP contribution in [0.5, 0.6) is 0 Å². The Morgan fingerprint density at radius 2 is 2.06 bits per heavy atom. The Balaban J connectivity index is 2.45. The lowest BCUT2D eigenvalue weighted by atomic mass is 9.93. The third-order valence-corrected chi connectivity index (χ3v) is 3.31. The van der Waals surface area contributed by atoms with Crippen molar-refractivity contribution in [3.05, 3.63) is 36.0 Å². The van der Waals surface area contributed by atoms with Gasteiger partial charge in [-0.15, -0.1) is 0 Å². The van der Waals surface area contributed by atoms with Crippen LogP contribution in [-0.4, -0.2) is 29.9 Å². The number of nitrogens with one attached hydrogen (secondary N) is 1. The molecule has 0 spiro atoms. The van der Waals surface area contributed by atoms with Crippen molar-refractivity contribution in [1.82, 2.24) is 9.88 Å². The van der Waals surface area contributed by atoms with Crippen LogP contribution in [-0.2, 0) is 4.79 Å². The Kier molecular flexibility index (Phi) is 3.70. The number of fused-ring (bicyclic) bond motifs is 1. The molecule has 0 aliphatic carbocycles. The van der Waals surface area contributed by atoms with Crippen LogP contribution in [0.4, 0.5) is 0 Å². The summed E-state index contributed by atoms with van der Waals surface area (Å²) < 4.78 is 0. The molecule has 0 saturated heterocycles. The van der Waals surface area contributed by atoms with E-state index in [9.17, 15) is 4.79 Å². The second-order valence-corrected chi connectivity index (χ2v) is 4.86. The van der Waals surface area contributed by atoms with Gasteiger partial charge in [-0.2, -0.15) is 0 Å². The molecule has 96 valence electrons. The van der Waals surface area contributed by atoms with Crippen LogP contribution in [0.3, 0.4) is 0 Å². The number of aromatic nitrogens is 1. The molecule has 0 radical (unpaired) electrons. The SMILES string of the molecule is CCCC(C(=O)N(C)C)c1c[nH]c2ccccc12. The first kappa shape index (κ1) is 12.7. The summed E-state index contributed by atoms with van der Waals surface area (Å²) in [5.41, 5.74) is 2.21. The molecule has 0 saturated carbocycles. The van der Waals surface area contributed by atoms with Gasteiger partial charge in [-0.05, 0) is 18.1 Å². The zero-order valence-corrected chi connectivity index (χ0v) is 11.2. The number of hydrogen-bond acceptors (Lipinski definition) is 1. The zero-order chi connectivity index (χ0) is 13.1. The number of nitrogens with zero attached hydrogens (tertiary/aromatic N) is 1. The minimum Gasteiger partial charge on any atom is -0.361 e. The van der Waals surface area contributed by atoms with Gasteiger partial charge in [0.15, 0.2) is 0 Å². The van der Waals surface area contributed by atoms with E-state index in [2.05, 4.69) is 18.0 Å². The van der Waals surface area contributed by atoms with Gasteiger partial charge in [-0.3, -0.25) is 4.79 Å². The molecule has 0 aliphatic heterocycles. The Morgan fingerprint density at radius 1 is 1.33 bits per heavy atom. The van der Waals surface area contributed by atoms with E-state index < -0.39 is 0 Å². The minimum atomic E-state index is -0.0406. The van der Waals surface area contributed by atoms with E-state index in [4.69, 9.17) is 0 Å². The van der Waals surface area contributed by atoms with Gasteiger partial charge >= 0.3 is 0 Å². The predicted octanol–water partition coefficient (Wildman–Crippen LogP) is 3.14. The van der Waals surface area contributed by atoms with Crippen molar-refractivity contribution < 1.29 is 4.79 Å². The fourth-order valence-corrected chi connectivity index (χ4v) is 2.39. The molecule has 0 bridgehead atoms. The van der Waals surface area contributed by atoms with E-state index in [1.54, 1.807) is 4.90 Å². The predicted molar refractivity (Wildman–Crippen MR) is 74.6 cm³/mol. The summed E-state index contributed by atoms with van der Waals surface area (Å²) in [4.78, 5) is 17.2. The molecule has 3 heteroatoms. The molecule has 3 nitrogen and oxygen atoms in total. The summed E-state index contributed by atoms with van der Waals surface area (Å²) in [5, 5.41) is 1.16. The molecule has 2 rings (SSSR count). The van der Waals surface area contributed by atoms with Gasteiger partial charge in [-0.25, -0.2) is 0 Å². The number of hydrogen-bond donors (Lipinski definition) is 1. The first-order valence-corrected chi connectivity index (χ1v) is 6.42. The molecule has 1 aromatic carbocycles. The molecule has 1 unspecified atom stereocenters. The average Bonchev–Trinajstić information content (AvgIpc) is 2.79. The highest BCUT2D eigenvalue weighted by molar-refractivity contribution is 5.91. The molecule has 18 heavy (non-hydrogen) atoms. The molecule has 2 aromatic rings. The second-order valence-electron chi connectivity index (χ2n) is 4.86. The summed E-state index contributed by atoms with van der Waals surface area (Å²) in [6, 6.07) is 8.14. The van der Waals surface area contributed by atoms with E-state index in [1.165, 1.54) is 0 Å². The van der Waals surface area contributed by atoms with Gasteiger partial charge in [0.2, 0.25) is 5.91 Å². The Hall–Kier alpha value is -1.77. The number of amides is 1. The minimum absolute atomic E-state index is 0.0406. The largest absolute Gasteiger partial charge is 0.361 e. The number of H-pyrrole nitrogens is 1. The number of likely N-dealkylation sites (N-methyl/N-ethyl adjacent to an activating group) is 1. The van der Waals surface area contributed by atoms with Crippen LogP contribution in [0.15, 0.2) is 30.5 Å². The molecule has 0 aliphatic rings. The number of benzene rings is 1. The van der Waals surface area contributed by atoms with Crippen molar-refractivity contribution in [3.63, 3.8) is 0 Å².